The van der Waals surface area contributed by atoms with Crippen LogP contribution in [-0.4, -0.2) is 79.9 Å². The lowest BCUT2D eigenvalue weighted by Gasteiger charge is -2.26. The van der Waals surface area contributed by atoms with Gasteiger partial charge in [-0.2, -0.15) is 17.6 Å². The van der Waals surface area contributed by atoms with Gasteiger partial charge in [-0.1, -0.05) is 13.8 Å². The smallest absolute Gasteiger partial charge is 0.408 e. The molecule has 0 spiro atoms. The minimum Gasteiger partial charge on any atom is -0.444 e. The molecule has 14 heteroatoms. The van der Waals surface area contributed by atoms with E-state index < -0.39 is 85.6 Å². The molecule has 2 N–H and O–H groups in total. The molecular formula is C23H36F4N2O8. The number of carbonyl (C=O) groups is 4. The number of hydrogen-bond acceptors (Lipinski definition) is 8. The second kappa shape index (κ2) is 14.0. The Morgan fingerprint density at radius 2 is 1.49 bits per heavy atom. The first-order valence-electron chi connectivity index (χ1n) is 11.7. The van der Waals surface area contributed by atoms with E-state index in [1.807, 2.05) is 0 Å². The fraction of sp³-hybridized carbons (Fsp3) is 0.826. The van der Waals surface area contributed by atoms with Gasteiger partial charge in [0.05, 0.1) is 31.8 Å². The molecule has 1 saturated heterocycles. The zero-order valence-electron chi connectivity index (χ0n) is 21.8. The number of rotatable bonds is 16. The zero-order valence-corrected chi connectivity index (χ0v) is 21.8. The Balaban J connectivity index is 3.05. The molecule has 214 valence electrons. The molecule has 0 aliphatic carbocycles. The SMILES string of the molecule is CC(C)C[C@H](NC(=O)[C@H](COC(F)F)CC(=O)[C@H](COC(F)F)NC(=O)OC(C)(C)C)C(=O)[C@@]1(C)CO1. The fourth-order valence-corrected chi connectivity index (χ4v) is 3.25. The topological polar surface area (TPSA) is 133 Å². The van der Waals surface area contributed by atoms with Crippen LogP contribution in [0.3, 0.4) is 0 Å². The summed E-state index contributed by atoms with van der Waals surface area (Å²) in [5, 5.41) is 4.57. The van der Waals surface area contributed by atoms with Crippen LogP contribution in [0.15, 0.2) is 0 Å². The molecule has 2 amide bonds. The van der Waals surface area contributed by atoms with Crippen molar-refractivity contribution in [2.75, 3.05) is 19.8 Å². The quantitative estimate of drug-likeness (QED) is 0.224. The number of halogens is 4. The van der Waals surface area contributed by atoms with Crippen molar-refractivity contribution in [2.45, 2.75) is 90.9 Å². The predicted molar refractivity (Wildman–Crippen MR) is 121 cm³/mol. The number of ether oxygens (including phenoxy) is 4. The molecule has 1 aliphatic heterocycles. The van der Waals surface area contributed by atoms with E-state index in [0.717, 1.165) is 0 Å². The van der Waals surface area contributed by atoms with Crippen molar-refractivity contribution in [1.82, 2.24) is 10.6 Å². The van der Waals surface area contributed by atoms with E-state index in [4.69, 9.17) is 9.47 Å². The lowest BCUT2D eigenvalue weighted by Crippen LogP contribution is -2.51. The van der Waals surface area contributed by atoms with Crippen LogP contribution >= 0.6 is 0 Å². The molecular weight excluding hydrogens is 508 g/mol. The molecule has 0 aromatic heterocycles. The largest absolute Gasteiger partial charge is 0.444 e. The minimum absolute atomic E-state index is 0.0390. The number of carbonyl (C=O) groups excluding carboxylic acids is 4. The molecule has 37 heavy (non-hydrogen) atoms. The third-order valence-electron chi connectivity index (χ3n) is 5.15. The van der Waals surface area contributed by atoms with Crippen LogP contribution in [0.4, 0.5) is 22.4 Å². The lowest BCUT2D eigenvalue weighted by atomic mass is 9.92. The molecule has 10 nitrogen and oxygen atoms in total. The molecule has 1 fully saturated rings. The molecule has 1 rings (SSSR count). The van der Waals surface area contributed by atoms with Crippen molar-refractivity contribution in [3.63, 3.8) is 0 Å². The van der Waals surface area contributed by atoms with Gasteiger partial charge in [0.15, 0.2) is 11.6 Å². The highest BCUT2D eigenvalue weighted by Crippen LogP contribution is 2.30. The van der Waals surface area contributed by atoms with Crippen molar-refractivity contribution in [3.8, 4) is 0 Å². The van der Waals surface area contributed by atoms with Gasteiger partial charge in [0, 0.05) is 6.42 Å². The number of nitrogens with one attached hydrogen (secondary N) is 2. The maximum absolute atomic E-state index is 13.0. The average molecular weight is 545 g/mol. The van der Waals surface area contributed by atoms with Crippen molar-refractivity contribution >= 4 is 23.6 Å². The first kappa shape index (κ1) is 32.7. The molecule has 4 atom stereocenters. The van der Waals surface area contributed by atoms with E-state index in [9.17, 15) is 36.7 Å². The highest BCUT2D eigenvalue weighted by molar-refractivity contribution is 5.98. The molecule has 0 aromatic carbocycles. The molecule has 0 saturated carbocycles. The summed E-state index contributed by atoms with van der Waals surface area (Å²) >= 11 is 0. The Bertz CT molecular complexity index is 800. The number of ketones is 2. The molecule has 1 heterocycles. The van der Waals surface area contributed by atoms with Crippen LogP contribution in [0.5, 0.6) is 0 Å². The van der Waals surface area contributed by atoms with E-state index in [2.05, 4.69) is 20.1 Å². The first-order chi connectivity index (χ1) is 16.9. The summed E-state index contributed by atoms with van der Waals surface area (Å²) < 4.78 is 69.2. The fourth-order valence-electron chi connectivity index (χ4n) is 3.25. The van der Waals surface area contributed by atoms with Gasteiger partial charge in [-0.15, -0.1) is 0 Å². The molecule has 0 radical (unpaired) electrons. The van der Waals surface area contributed by atoms with E-state index in [-0.39, 0.29) is 18.9 Å². The lowest BCUT2D eigenvalue weighted by molar-refractivity contribution is -0.155. The summed E-state index contributed by atoms with van der Waals surface area (Å²) in [7, 11) is 0. The second-order valence-electron chi connectivity index (χ2n) is 10.3. The van der Waals surface area contributed by atoms with E-state index >= 15 is 0 Å². The molecule has 0 bridgehead atoms. The summed E-state index contributed by atoms with van der Waals surface area (Å²) in [6, 6.07) is -2.71. The molecule has 1 aliphatic rings. The van der Waals surface area contributed by atoms with Crippen molar-refractivity contribution < 1.29 is 55.7 Å². The Morgan fingerprint density at radius 3 is 1.95 bits per heavy atom. The summed E-state index contributed by atoms with van der Waals surface area (Å²) in [5.74, 6) is -3.91. The van der Waals surface area contributed by atoms with Gasteiger partial charge in [-0.3, -0.25) is 14.4 Å². The zero-order chi connectivity index (χ0) is 28.6. The van der Waals surface area contributed by atoms with E-state index in [1.165, 1.54) is 20.8 Å². The van der Waals surface area contributed by atoms with Crippen molar-refractivity contribution in [1.29, 1.82) is 0 Å². The average Bonchev–Trinajstić information content (AvgIpc) is 3.49. The predicted octanol–water partition coefficient (Wildman–Crippen LogP) is 2.82. The highest BCUT2D eigenvalue weighted by Gasteiger charge is 2.50. The van der Waals surface area contributed by atoms with E-state index in [0.29, 0.717) is 0 Å². The number of alkyl carbamates (subject to hydrolysis) is 1. The normalized spacial score (nSPS) is 19.9. The van der Waals surface area contributed by atoms with Gasteiger partial charge in [-0.05, 0) is 40.0 Å². The maximum Gasteiger partial charge on any atom is 0.408 e. The number of amides is 2. The van der Waals surface area contributed by atoms with Crippen LogP contribution in [0, 0.1) is 11.8 Å². The van der Waals surface area contributed by atoms with Gasteiger partial charge < -0.3 is 29.6 Å². The van der Waals surface area contributed by atoms with Crippen molar-refractivity contribution in [3.05, 3.63) is 0 Å². The summed E-state index contributed by atoms with van der Waals surface area (Å²) in [6.45, 7) is 1.49. The second-order valence-corrected chi connectivity index (χ2v) is 10.3. The van der Waals surface area contributed by atoms with Gasteiger partial charge in [-0.25, -0.2) is 4.79 Å². The Morgan fingerprint density at radius 1 is 0.946 bits per heavy atom. The van der Waals surface area contributed by atoms with Crippen LogP contribution in [-0.2, 0) is 33.3 Å². The van der Waals surface area contributed by atoms with Gasteiger partial charge in [0.25, 0.3) is 0 Å². The molecule has 0 aromatic rings. The number of Topliss-reactive ketones (excluding diaryl/α,β-unsaturated/α-hetero) is 2. The first-order valence-corrected chi connectivity index (χ1v) is 11.7. The number of hydrogen-bond donors (Lipinski definition) is 2. The minimum atomic E-state index is -3.27. The Hall–Kier alpha value is -2.32. The monoisotopic (exact) mass is 544 g/mol. The Labute approximate surface area is 213 Å². The van der Waals surface area contributed by atoms with Gasteiger partial charge in [0.2, 0.25) is 5.91 Å². The highest BCUT2D eigenvalue weighted by atomic mass is 19.3. The Kier molecular flexibility index (Phi) is 12.4. The van der Waals surface area contributed by atoms with Crippen molar-refractivity contribution in [2.24, 2.45) is 11.8 Å². The standard InChI is InChI=1S/C23H36F4N2O8/c1-12(2)7-14(17(31)23(6)11-36-23)28-18(32)13(9-34-19(24)25)8-16(30)15(10-35-20(26)27)29-21(33)37-22(3,4)5/h12-15,19-20H,7-11H2,1-6H3,(H,28,32)(H,29,33)/t13-,14-,15-,23+/m0/s1. The maximum atomic E-state index is 13.0. The number of alkyl halides is 4. The van der Waals surface area contributed by atoms with Crippen LogP contribution in [0.1, 0.15) is 54.4 Å². The third-order valence-corrected chi connectivity index (χ3v) is 5.15. The van der Waals surface area contributed by atoms with E-state index in [1.54, 1.807) is 20.8 Å². The summed E-state index contributed by atoms with van der Waals surface area (Å²) in [4.78, 5) is 50.8. The van der Waals surface area contributed by atoms with Crippen LogP contribution in [0.25, 0.3) is 0 Å². The third kappa shape index (κ3) is 12.7. The summed E-state index contributed by atoms with van der Waals surface area (Å²) in [6.07, 6.45) is -1.69. The molecule has 0 unspecified atom stereocenters. The van der Waals surface area contributed by atoms with Gasteiger partial charge in [0.1, 0.15) is 17.2 Å². The summed E-state index contributed by atoms with van der Waals surface area (Å²) in [5.41, 5.74) is -2.05. The van der Waals surface area contributed by atoms with Crippen LogP contribution < -0.4 is 10.6 Å². The number of epoxide rings is 1. The van der Waals surface area contributed by atoms with Crippen LogP contribution in [0.2, 0.25) is 0 Å². The van der Waals surface area contributed by atoms with Gasteiger partial charge >= 0.3 is 19.3 Å².